The number of sulfonamides is 1. The number of hydrogen-bond donors (Lipinski definition) is 3. The average Bonchev–Trinajstić information content (AvgIpc) is 2.72. The molecule has 2 aromatic heterocycles. The Bertz CT molecular complexity index is 685. The molecule has 0 radical (unpaired) electrons. The van der Waals surface area contributed by atoms with Gasteiger partial charge in [0, 0.05) is 0 Å². The lowest BCUT2D eigenvalue weighted by molar-refractivity contribution is 0.601. The Morgan fingerprint density at radius 1 is 1.33 bits per heavy atom. The van der Waals surface area contributed by atoms with Crippen LogP contribution in [0.3, 0.4) is 0 Å². The van der Waals surface area contributed by atoms with Gasteiger partial charge in [0.15, 0.2) is 11.0 Å². The van der Waals surface area contributed by atoms with E-state index in [-0.39, 0.29) is 26.7 Å². The molecule has 18 heavy (non-hydrogen) atoms. The summed E-state index contributed by atoms with van der Waals surface area (Å²) in [4.78, 5) is 7.05. The summed E-state index contributed by atoms with van der Waals surface area (Å²) in [5, 5.41) is 5.64. The van der Waals surface area contributed by atoms with Crippen LogP contribution in [0.4, 0.5) is 11.6 Å². The van der Waals surface area contributed by atoms with Gasteiger partial charge in [-0.25, -0.2) is 18.4 Å². The van der Waals surface area contributed by atoms with Crippen LogP contribution in [0.25, 0.3) is 0 Å². The van der Waals surface area contributed by atoms with E-state index in [9.17, 15) is 8.42 Å². The number of rotatable bonds is 3. The zero-order valence-electron chi connectivity index (χ0n) is 8.55. The van der Waals surface area contributed by atoms with Crippen molar-refractivity contribution < 1.29 is 8.42 Å². The Morgan fingerprint density at radius 2 is 2.06 bits per heavy atom. The Kier molecular flexibility index (Phi) is 3.28. The summed E-state index contributed by atoms with van der Waals surface area (Å²) in [5.74, 6) is -0.240. The standard InChI is InChI=1S/C7H6Cl2N6O2S/c8-4-5(9)11-2-12-7(4)15-18(16,17)3-1-13-14-6(3)10/h1-2H,(H3,10,13,14)(H,11,12,15). The van der Waals surface area contributed by atoms with E-state index in [1.165, 1.54) is 0 Å². The van der Waals surface area contributed by atoms with E-state index in [0.29, 0.717) is 0 Å². The second kappa shape index (κ2) is 4.59. The average molecular weight is 309 g/mol. The van der Waals surface area contributed by atoms with Gasteiger partial charge < -0.3 is 5.73 Å². The highest BCUT2D eigenvalue weighted by Crippen LogP contribution is 2.27. The van der Waals surface area contributed by atoms with Crippen molar-refractivity contribution in [3.8, 4) is 0 Å². The zero-order chi connectivity index (χ0) is 13.3. The normalized spacial score (nSPS) is 11.4. The number of nitrogens with one attached hydrogen (secondary N) is 2. The minimum atomic E-state index is -3.94. The van der Waals surface area contributed by atoms with Crippen LogP contribution < -0.4 is 10.5 Å². The lowest BCUT2D eigenvalue weighted by Crippen LogP contribution is -2.15. The molecular formula is C7H6Cl2N6O2S. The molecule has 4 N–H and O–H groups in total. The predicted molar refractivity (Wildman–Crippen MR) is 65.9 cm³/mol. The van der Waals surface area contributed by atoms with Crippen LogP contribution in [0, 0.1) is 0 Å². The molecule has 0 unspecified atom stereocenters. The smallest absolute Gasteiger partial charge is 0.268 e. The van der Waals surface area contributed by atoms with Crippen LogP contribution >= 0.6 is 23.2 Å². The largest absolute Gasteiger partial charge is 0.383 e. The summed E-state index contributed by atoms with van der Waals surface area (Å²) in [7, 11) is -3.94. The number of nitrogen functional groups attached to an aromatic ring is 1. The van der Waals surface area contributed by atoms with Crippen molar-refractivity contribution >= 4 is 44.9 Å². The molecule has 0 bridgehead atoms. The van der Waals surface area contributed by atoms with Crippen LogP contribution in [0.5, 0.6) is 0 Å². The second-order valence-corrected chi connectivity index (χ2v) is 5.47. The van der Waals surface area contributed by atoms with Crippen LogP contribution in [0.15, 0.2) is 17.4 Å². The van der Waals surface area contributed by atoms with Crippen LogP contribution in [-0.2, 0) is 10.0 Å². The highest BCUT2D eigenvalue weighted by molar-refractivity contribution is 7.92. The number of nitrogens with two attached hydrogens (primary N) is 1. The summed E-state index contributed by atoms with van der Waals surface area (Å²) in [6, 6.07) is 0. The van der Waals surface area contributed by atoms with E-state index >= 15 is 0 Å². The summed E-state index contributed by atoms with van der Waals surface area (Å²) in [5.41, 5.74) is 5.42. The SMILES string of the molecule is Nc1[nH]ncc1S(=O)(=O)Nc1ncnc(Cl)c1Cl. The molecule has 0 atom stereocenters. The number of halogens is 2. The van der Waals surface area contributed by atoms with Gasteiger partial charge in [0.05, 0.1) is 6.20 Å². The minimum absolute atomic E-state index is 0.0652. The summed E-state index contributed by atoms with van der Waals surface area (Å²) < 4.78 is 26.0. The maximum Gasteiger partial charge on any atom is 0.268 e. The van der Waals surface area contributed by atoms with Gasteiger partial charge in [0.1, 0.15) is 22.1 Å². The van der Waals surface area contributed by atoms with Gasteiger partial charge in [-0.2, -0.15) is 5.10 Å². The fourth-order valence-electron chi connectivity index (χ4n) is 1.10. The van der Waals surface area contributed by atoms with Gasteiger partial charge in [-0.05, 0) is 0 Å². The molecule has 0 saturated carbocycles. The van der Waals surface area contributed by atoms with Gasteiger partial charge in [-0.1, -0.05) is 23.2 Å². The first-order chi connectivity index (χ1) is 8.42. The van der Waals surface area contributed by atoms with E-state index in [4.69, 9.17) is 28.9 Å². The fourth-order valence-corrected chi connectivity index (χ4v) is 2.48. The molecule has 0 aliphatic carbocycles. The highest BCUT2D eigenvalue weighted by atomic mass is 35.5. The van der Waals surface area contributed by atoms with Crippen LogP contribution in [0.1, 0.15) is 0 Å². The molecule has 0 spiro atoms. The molecule has 2 rings (SSSR count). The zero-order valence-corrected chi connectivity index (χ0v) is 10.9. The molecule has 8 nitrogen and oxygen atoms in total. The topological polar surface area (TPSA) is 127 Å². The number of aromatic amines is 1. The molecule has 11 heteroatoms. The maximum absolute atomic E-state index is 11.9. The van der Waals surface area contributed by atoms with Crippen molar-refractivity contribution in [1.29, 1.82) is 0 Å². The Balaban J connectivity index is 2.40. The van der Waals surface area contributed by atoms with Gasteiger partial charge in [0.25, 0.3) is 10.0 Å². The first kappa shape index (κ1) is 12.9. The maximum atomic E-state index is 11.9. The van der Waals surface area contributed by atoms with Crippen LogP contribution in [-0.4, -0.2) is 28.6 Å². The van der Waals surface area contributed by atoms with Gasteiger partial charge in [-0.15, -0.1) is 0 Å². The number of hydrogen-bond acceptors (Lipinski definition) is 6. The molecule has 2 heterocycles. The highest BCUT2D eigenvalue weighted by Gasteiger charge is 2.22. The number of aromatic nitrogens is 4. The molecule has 0 aliphatic heterocycles. The van der Waals surface area contributed by atoms with Crippen molar-refractivity contribution in [1.82, 2.24) is 20.2 Å². The summed E-state index contributed by atoms with van der Waals surface area (Å²) >= 11 is 11.4. The Hall–Kier alpha value is -1.58. The summed E-state index contributed by atoms with van der Waals surface area (Å²) in [6.45, 7) is 0. The molecule has 0 aliphatic rings. The molecular weight excluding hydrogens is 303 g/mol. The third-order valence-corrected chi connectivity index (χ3v) is 4.01. The van der Waals surface area contributed by atoms with Crippen molar-refractivity contribution in [2.45, 2.75) is 4.90 Å². The van der Waals surface area contributed by atoms with Crippen molar-refractivity contribution in [2.24, 2.45) is 0 Å². The fraction of sp³-hybridized carbons (Fsp3) is 0. The molecule has 0 saturated heterocycles. The monoisotopic (exact) mass is 308 g/mol. The van der Waals surface area contributed by atoms with Crippen molar-refractivity contribution in [3.05, 3.63) is 22.7 Å². The first-order valence-electron chi connectivity index (χ1n) is 4.39. The van der Waals surface area contributed by atoms with E-state index in [0.717, 1.165) is 12.5 Å². The van der Waals surface area contributed by atoms with E-state index in [2.05, 4.69) is 24.9 Å². The van der Waals surface area contributed by atoms with Crippen LogP contribution in [0.2, 0.25) is 10.2 Å². The molecule has 0 fully saturated rings. The third kappa shape index (κ3) is 2.33. The Labute approximate surface area is 112 Å². The first-order valence-corrected chi connectivity index (χ1v) is 6.63. The molecule has 0 aromatic carbocycles. The number of H-pyrrole nitrogens is 1. The van der Waals surface area contributed by atoms with Gasteiger partial charge in [0.2, 0.25) is 0 Å². The lowest BCUT2D eigenvalue weighted by Gasteiger charge is -2.07. The molecule has 96 valence electrons. The molecule has 0 amide bonds. The lowest BCUT2D eigenvalue weighted by atomic mass is 10.6. The van der Waals surface area contributed by atoms with Gasteiger partial charge in [-0.3, -0.25) is 9.82 Å². The summed E-state index contributed by atoms with van der Waals surface area (Å²) in [6.07, 6.45) is 2.14. The van der Waals surface area contributed by atoms with E-state index in [1.54, 1.807) is 0 Å². The van der Waals surface area contributed by atoms with Crippen molar-refractivity contribution in [3.63, 3.8) is 0 Å². The quantitative estimate of drug-likeness (QED) is 0.723. The molecule has 2 aromatic rings. The van der Waals surface area contributed by atoms with Gasteiger partial charge >= 0.3 is 0 Å². The second-order valence-electron chi connectivity index (χ2n) is 3.08. The number of anilines is 2. The van der Waals surface area contributed by atoms with Crippen molar-refractivity contribution in [2.75, 3.05) is 10.5 Å². The minimum Gasteiger partial charge on any atom is -0.383 e. The predicted octanol–water partition coefficient (Wildman–Crippen LogP) is 0.889. The Morgan fingerprint density at radius 3 is 2.67 bits per heavy atom. The third-order valence-electron chi connectivity index (χ3n) is 1.90. The van der Waals surface area contributed by atoms with E-state index in [1.807, 2.05) is 0 Å². The number of nitrogens with zero attached hydrogens (tertiary/aromatic N) is 3. The van der Waals surface area contributed by atoms with E-state index < -0.39 is 10.0 Å².